The molecule has 4 aromatic rings. The van der Waals surface area contributed by atoms with Crippen LogP contribution in [0, 0.1) is 0 Å². The van der Waals surface area contributed by atoms with Crippen molar-refractivity contribution in [3.63, 3.8) is 0 Å². The Bertz CT molecular complexity index is 1410. The maximum Gasteiger partial charge on any atom is 0.251 e. The number of primary amides is 1. The summed E-state index contributed by atoms with van der Waals surface area (Å²) in [5.74, 6) is -0.478. The minimum Gasteiger partial charge on any atom is -0.367 e. The SMILES string of the molecule is CC(NC(=O)c1ccc2c(c1)CCCN2Cc1ccccc1-c1ccc(C(N)=O)cc1)c1ccccc1. The van der Waals surface area contributed by atoms with Gasteiger partial charge in [0.05, 0.1) is 6.04 Å². The van der Waals surface area contributed by atoms with Crippen LogP contribution in [0.3, 0.4) is 0 Å². The molecule has 1 aliphatic heterocycles. The van der Waals surface area contributed by atoms with E-state index in [-0.39, 0.29) is 11.9 Å². The lowest BCUT2D eigenvalue weighted by Crippen LogP contribution is -2.30. The van der Waals surface area contributed by atoms with Gasteiger partial charge in [-0.2, -0.15) is 0 Å². The highest BCUT2D eigenvalue weighted by Gasteiger charge is 2.21. The Hall–Kier alpha value is -4.38. The van der Waals surface area contributed by atoms with Crippen LogP contribution >= 0.6 is 0 Å². The monoisotopic (exact) mass is 489 g/mol. The molecule has 4 aromatic carbocycles. The van der Waals surface area contributed by atoms with Crippen molar-refractivity contribution in [3.8, 4) is 11.1 Å². The van der Waals surface area contributed by atoms with E-state index in [1.807, 2.05) is 67.6 Å². The quantitative estimate of drug-likeness (QED) is 0.340. The van der Waals surface area contributed by atoms with Crippen LogP contribution in [0.2, 0.25) is 0 Å². The van der Waals surface area contributed by atoms with Crippen LogP contribution in [0.25, 0.3) is 11.1 Å². The highest BCUT2D eigenvalue weighted by molar-refractivity contribution is 5.95. The van der Waals surface area contributed by atoms with Crippen molar-refractivity contribution in [2.45, 2.75) is 32.4 Å². The molecular formula is C32H31N3O2. The number of nitrogens with one attached hydrogen (secondary N) is 1. The number of aryl methyl sites for hydroxylation is 1. The summed E-state index contributed by atoms with van der Waals surface area (Å²) >= 11 is 0. The largest absolute Gasteiger partial charge is 0.367 e. The van der Waals surface area contributed by atoms with Gasteiger partial charge in [0.2, 0.25) is 5.91 Å². The first-order valence-corrected chi connectivity index (χ1v) is 12.7. The first-order valence-electron chi connectivity index (χ1n) is 12.7. The molecule has 5 rings (SSSR count). The van der Waals surface area contributed by atoms with E-state index in [1.54, 1.807) is 12.1 Å². The van der Waals surface area contributed by atoms with Crippen LogP contribution in [0.15, 0.2) is 97.1 Å². The summed E-state index contributed by atoms with van der Waals surface area (Å²) < 4.78 is 0. The molecule has 1 heterocycles. The summed E-state index contributed by atoms with van der Waals surface area (Å²) in [5.41, 5.74) is 13.5. The molecule has 0 aromatic heterocycles. The molecule has 2 amide bonds. The number of nitrogens with zero attached hydrogens (tertiary/aromatic N) is 1. The van der Waals surface area contributed by atoms with Gasteiger partial charge in [0, 0.05) is 29.9 Å². The summed E-state index contributed by atoms with van der Waals surface area (Å²) in [7, 11) is 0. The number of nitrogens with two attached hydrogens (primary N) is 1. The van der Waals surface area contributed by atoms with Crippen molar-refractivity contribution < 1.29 is 9.59 Å². The van der Waals surface area contributed by atoms with Crippen molar-refractivity contribution in [2.24, 2.45) is 5.73 Å². The zero-order valence-electron chi connectivity index (χ0n) is 21.0. The van der Waals surface area contributed by atoms with Gasteiger partial charge in [-0.1, -0.05) is 66.7 Å². The number of hydrogen-bond acceptors (Lipinski definition) is 3. The summed E-state index contributed by atoms with van der Waals surface area (Å²) in [5, 5.41) is 3.13. The number of fused-ring (bicyclic) bond motifs is 1. The summed E-state index contributed by atoms with van der Waals surface area (Å²) in [6, 6.07) is 31.8. The maximum atomic E-state index is 13.0. The number of benzene rings is 4. The second-order valence-electron chi connectivity index (χ2n) is 9.57. The van der Waals surface area contributed by atoms with E-state index in [9.17, 15) is 9.59 Å². The third-order valence-electron chi connectivity index (χ3n) is 7.06. The molecule has 186 valence electrons. The molecule has 1 unspecified atom stereocenters. The van der Waals surface area contributed by atoms with Gasteiger partial charge in [-0.05, 0) is 77.9 Å². The number of rotatable bonds is 7. The lowest BCUT2D eigenvalue weighted by molar-refractivity contribution is 0.0938. The van der Waals surface area contributed by atoms with Crippen molar-refractivity contribution in [3.05, 3.63) is 125 Å². The number of hydrogen-bond donors (Lipinski definition) is 2. The zero-order valence-corrected chi connectivity index (χ0v) is 21.0. The number of carbonyl (C=O) groups excluding carboxylic acids is 2. The van der Waals surface area contributed by atoms with Crippen LogP contribution in [0.4, 0.5) is 5.69 Å². The number of carbonyl (C=O) groups is 2. The fraction of sp³-hybridized carbons (Fsp3) is 0.188. The van der Waals surface area contributed by atoms with E-state index in [0.717, 1.165) is 42.6 Å². The average molecular weight is 490 g/mol. The van der Waals surface area contributed by atoms with Crippen molar-refractivity contribution >= 4 is 17.5 Å². The zero-order chi connectivity index (χ0) is 25.8. The smallest absolute Gasteiger partial charge is 0.251 e. The molecule has 37 heavy (non-hydrogen) atoms. The molecule has 0 spiro atoms. The molecule has 1 aliphatic rings. The molecule has 5 heteroatoms. The third-order valence-corrected chi connectivity index (χ3v) is 7.06. The van der Waals surface area contributed by atoms with E-state index in [1.165, 1.54) is 16.8 Å². The molecule has 0 saturated carbocycles. The van der Waals surface area contributed by atoms with Gasteiger partial charge in [-0.3, -0.25) is 9.59 Å². The van der Waals surface area contributed by atoms with Gasteiger partial charge in [0.25, 0.3) is 5.91 Å². The minimum absolute atomic E-state index is 0.0546. The Kier molecular flexibility index (Phi) is 7.04. The van der Waals surface area contributed by atoms with Crippen molar-refractivity contribution in [2.75, 3.05) is 11.4 Å². The fourth-order valence-electron chi connectivity index (χ4n) is 5.05. The van der Waals surface area contributed by atoms with E-state index in [4.69, 9.17) is 5.73 Å². The Morgan fingerprint density at radius 1 is 0.892 bits per heavy atom. The van der Waals surface area contributed by atoms with Gasteiger partial charge in [0.1, 0.15) is 0 Å². The standard InChI is InChI=1S/C32H31N3O2/c1-22(23-8-3-2-4-9-23)34-32(37)27-17-18-30-26(20-27)11-7-19-35(30)21-28-10-5-6-12-29(28)24-13-15-25(16-14-24)31(33)36/h2-6,8-10,12-18,20,22H,7,11,19,21H2,1H3,(H2,33,36)(H,34,37). The van der Waals surface area contributed by atoms with Crippen LogP contribution in [0.5, 0.6) is 0 Å². The first kappa shape index (κ1) is 24.3. The molecule has 3 N–H and O–H groups in total. The van der Waals surface area contributed by atoms with E-state index in [2.05, 4.69) is 34.5 Å². The predicted octanol–water partition coefficient (Wildman–Crippen LogP) is 5.90. The third kappa shape index (κ3) is 5.41. The topological polar surface area (TPSA) is 75.4 Å². The van der Waals surface area contributed by atoms with Gasteiger partial charge in [-0.25, -0.2) is 0 Å². The summed E-state index contributed by atoms with van der Waals surface area (Å²) in [6.07, 6.45) is 1.99. The molecule has 0 fully saturated rings. The number of anilines is 1. The van der Waals surface area contributed by atoms with E-state index in [0.29, 0.717) is 11.1 Å². The van der Waals surface area contributed by atoms with Gasteiger partial charge >= 0.3 is 0 Å². The fourth-order valence-corrected chi connectivity index (χ4v) is 5.05. The molecule has 0 aliphatic carbocycles. The molecular weight excluding hydrogens is 458 g/mol. The summed E-state index contributed by atoms with van der Waals surface area (Å²) in [4.78, 5) is 26.9. The second kappa shape index (κ2) is 10.7. The Balaban J connectivity index is 1.35. The van der Waals surface area contributed by atoms with E-state index >= 15 is 0 Å². The molecule has 0 radical (unpaired) electrons. The number of amides is 2. The Morgan fingerprint density at radius 2 is 1.59 bits per heavy atom. The molecule has 1 atom stereocenters. The lowest BCUT2D eigenvalue weighted by Gasteiger charge is -2.32. The average Bonchev–Trinajstić information content (AvgIpc) is 2.93. The molecule has 5 nitrogen and oxygen atoms in total. The van der Waals surface area contributed by atoms with Crippen molar-refractivity contribution in [1.29, 1.82) is 0 Å². The Morgan fingerprint density at radius 3 is 2.35 bits per heavy atom. The van der Waals surface area contributed by atoms with Gasteiger partial charge in [0.15, 0.2) is 0 Å². The van der Waals surface area contributed by atoms with Crippen LogP contribution in [0.1, 0.15) is 56.8 Å². The van der Waals surface area contributed by atoms with Crippen LogP contribution in [-0.2, 0) is 13.0 Å². The van der Waals surface area contributed by atoms with Crippen molar-refractivity contribution in [1.82, 2.24) is 5.32 Å². The maximum absolute atomic E-state index is 13.0. The van der Waals surface area contributed by atoms with Crippen LogP contribution < -0.4 is 16.0 Å². The Labute approximate surface area is 217 Å². The van der Waals surface area contributed by atoms with Gasteiger partial charge in [-0.15, -0.1) is 0 Å². The highest BCUT2D eigenvalue weighted by atomic mass is 16.2. The molecule has 0 bridgehead atoms. The minimum atomic E-state index is -0.424. The second-order valence-corrected chi connectivity index (χ2v) is 9.57. The lowest BCUT2D eigenvalue weighted by atomic mass is 9.95. The highest BCUT2D eigenvalue weighted by Crippen LogP contribution is 2.32. The first-order chi connectivity index (χ1) is 18.0. The molecule has 0 saturated heterocycles. The summed E-state index contributed by atoms with van der Waals surface area (Å²) in [6.45, 7) is 3.72. The van der Waals surface area contributed by atoms with Gasteiger partial charge < -0.3 is 16.0 Å². The van der Waals surface area contributed by atoms with E-state index < -0.39 is 5.91 Å². The predicted molar refractivity (Wildman–Crippen MR) is 149 cm³/mol. The normalized spacial score (nSPS) is 13.5. The van der Waals surface area contributed by atoms with Crippen LogP contribution in [-0.4, -0.2) is 18.4 Å².